The second-order valence-electron chi connectivity index (χ2n) is 3.74. The molecule has 1 aromatic carbocycles. The van der Waals surface area contributed by atoms with Gasteiger partial charge in [0.15, 0.2) is 0 Å². The first-order valence-corrected chi connectivity index (χ1v) is 5.28. The first kappa shape index (κ1) is 9.98. The summed E-state index contributed by atoms with van der Waals surface area (Å²) >= 11 is 0. The molecule has 0 radical (unpaired) electrons. The molecular weight excluding hydrogens is 187 g/mol. The monoisotopic (exact) mass is 200 g/mol. The highest BCUT2D eigenvalue weighted by atomic mass is 19.1. The average Bonchev–Trinajstić information content (AvgIpc) is 2.30. The number of benzene rings is 1. The van der Waals surface area contributed by atoms with Gasteiger partial charge in [0.25, 0.3) is 0 Å². The van der Waals surface area contributed by atoms with Gasteiger partial charge in [-0.3, -0.25) is 0 Å². The molecule has 0 fully saturated rings. The summed E-state index contributed by atoms with van der Waals surface area (Å²) in [6.45, 7) is 0. The van der Waals surface area contributed by atoms with E-state index >= 15 is 0 Å². The summed E-state index contributed by atoms with van der Waals surface area (Å²) in [5, 5.41) is 0. The molecule has 1 aliphatic carbocycles. The topological polar surface area (TPSA) is 0 Å². The Labute approximate surface area is 89.8 Å². The van der Waals surface area contributed by atoms with Crippen molar-refractivity contribution in [2.75, 3.05) is 0 Å². The van der Waals surface area contributed by atoms with Crippen LogP contribution < -0.4 is 0 Å². The zero-order valence-electron chi connectivity index (χ0n) is 8.54. The molecule has 1 aliphatic rings. The highest BCUT2D eigenvalue weighted by Crippen LogP contribution is 2.15. The number of allylic oxidation sites excluding steroid dienone is 2. The van der Waals surface area contributed by atoms with Gasteiger partial charge in [-0.2, -0.15) is 0 Å². The van der Waals surface area contributed by atoms with E-state index in [2.05, 4.69) is 24.0 Å². The molecule has 0 bridgehead atoms. The van der Waals surface area contributed by atoms with Crippen molar-refractivity contribution in [3.8, 4) is 11.8 Å². The van der Waals surface area contributed by atoms with Crippen molar-refractivity contribution in [2.24, 2.45) is 5.92 Å². The van der Waals surface area contributed by atoms with Crippen LogP contribution in [0.25, 0.3) is 0 Å². The quantitative estimate of drug-likeness (QED) is 0.444. The third-order valence-electron chi connectivity index (χ3n) is 2.50. The molecule has 0 spiro atoms. The maximum Gasteiger partial charge on any atom is 0.123 e. The highest BCUT2D eigenvalue weighted by Gasteiger charge is 2.03. The largest absolute Gasteiger partial charge is 0.207 e. The number of hydrogen-bond donors (Lipinski definition) is 0. The Bertz CT molecular complexity index is 403. The van der Waals surface area contributed by atoms with Crippen molar-refractivity contribution in [3.63, 3.8) is 0 Å². The zero-order valence-corrected chi connectivity index (χ0v) is 8.54. The second-order valence-corrected chi connectivity index (χ2v) is 3.74. The van der Waals surface area contributed by atoms with Crippen LogP contribution in [0.15, 0.2) is 36.4 Å². The highest BCUT2D eigenvalue weighted by molar-refractivity contribution is 5.35. The zero-order chi connectivity index (χ0) is 10.5. The van der Waals surface area contributed by atoms with Crippen LogP contribution >= 0.6 is 0 Å². The first-order valence-electron chi connectivity index (χ1n) is 5.28. The molecule has 1 heteroatoms. The summed E-state index contributed by atoms with van der Waals surface area (Å²) in [6, 6.07) is 6.32. The first-order chi connectivity index (χ1) is 7.34. The molecule has 1 atom stereocenters. The van der Waals surface area contributed by atoms with Gasteiger partial charge in [-0.25, -0.2) is 4.39 Å². The lowest BCUT2D eigenvalue weighted by Gasteiger charge is -2.08. The Morgan fingerprint density at radius 1 is 1.20 bits per heavy atom. The molecule has 0 amide bonds. The van der Waals surface area contributed by atoms with E-state index in [9.17, 15) is 4.39 Å². The summed E-state index contributed by atoms with van der Waals surface area (Å²) in [5.41, 5.74) is 0.885. The fourth-order valence-electron chi connectivity index (χ4n) is 1.64. The predicted octanol–water partition coefficient (Wildman–Crippen LogP) is 3.53. The summed E-state index contributed by atoms with van der Waals surface area (Å²) < 4.78 is 12.6. The number of halogens is 1. The third-order valence-corrected chi connectivity index (χ3v) is 2.50. The third kappa shape index (κ3) is 2.95. The molecule has 0 saturated carbocycles. The summed E-state index contributed by atoms with van der Waals surface area (Å²) in [5.74, 6) is 6.44. The minimum atomic E-state index is -0.210. The van der Waals surface area contributed by atoms with E-state index in [4.69, 9.17) is 0 Å². The van der Waals surface area contributed by atoms with E-state index in [0.29, 0.717) is 5.92 Å². The lowest BCUT2D eigenvalue weighted by atomic mass is 9.96. The van der Waals surface area contributed by atoms with Crippen LogP contribution in [0.5, 0.6) is 0 Å². The normalized spacial score (nSPS) is 19.4. The molecule has 0 saturated heterocycles. The molecule has 0 N–H and O–H groups in total. The molecule has 0 aromatic heterocycles. The standard InChI is InChI=1S/C14H13F/c15-14-10-8-13(9-11-14)7-6-12-4-2-1-3-5-12/h2,4,8-12H,1,3,5H2. The van der Waals surface area contributed by atoms with Crippen LogP contribution in [0.4, 0.5) is 4.39 Å². The van der Waals surface area contributed by atoms with Crippen LogP contribution in [0.2, 0.25) is 0 Å². The molecule has 1 aromatic rings. The van der Waals surface area contributed by atoms with Gasteiger partial charge in [-0.15, -0.1) is 0 Å². The lowest BCUT2D eigenvalue weighted by Crippen LogP contribution is -1.96. The van der Waals surface area contributed by atoms with Crippen molar-refractivity contribution >= 4 is 0 Å². The molecular formula is C14H13F. The van der Waals surface area contributed by atoms with E-state index in [-0.39, 0.29) is 5.82 Å². The van der Waals surface area contributed by atoms with Gasteiger partial charge >= 0.3 is 0 Å². The maximum absolute atomic E-state index is 12.6. The molecule has 0 heterocycles. The van der Waals surface area contributed by atoms with E-state index in [0.717, 1.165) is 12.0 Å². The lowest BCUT2D eigenvalue weighted by molar-refractivity contribution is 0.627. The second kappa shape index (κ2) is 4.79. The van der Waals surface area contributed by atoms with Gasteiger partial charge in [-0.05, 0) is 43.5 Å². The van der Waals surface area contributed by atoms with Crippen molar-refractivity contribution in [2.45, 2.75) is 19.3 Å². The van der Waals surface area contributed by atoms with Gasteiger partial charge in [0.1, 0.15) is 5.82 Å². The fourth-order valence-corrected chi connectivity index (χ4v) is 1.64. The smallest absolute Gasteiger partial charge is 0.123 e. The van der Waals surface area contributed by atoms with Crippen LogP contribution in [-0.4, -0.2) is 0 Å². The Morgan fingerprint density at radius 2 is 2.00 bits per heavy atom. The molecule has 15 heavy (non-hydrogen) atoms. The predicted molar refractivity (Wildman–Crippen MR) is 59.8 cm³/mol. The van der Waals surface area contributed by atoms with Crippen molar-refractivity contribution in [3.05, 3.63) is 47.8 Å². The molecule has 2 rings (SSSR count). The molecule has 1 unspecified atom stereocenters. The van der Waals surface area contributed by atoms with Gasteiger partial charge in [0.2, 0.25) is 0 Å². The van der Waals surface area contributed by atoms with Crippen molar-refractivity contribution in [1.82, 2.24) is 0 Å². The minimum absolute atomic E-state index is 0.210. The Balaban J connectivity index is 2.07. The average molecular weight is 200 g/mol. The van der Waals surface area contributed by atoms with Crippen molar-refractivity contribution < 1.29 is 4.39 Å². The Morgan fingerprint density at radius 3 is 2.67 bits per heavy atom. The Kier molecular flexibility index (Phi) is 3.19. The summed E-state index contributed by atoms with van der Waals surface area (Å²) in [6.07, 6.45) is 7.90. The van der Waals surface area contributed by atoms with Gasteiger partial charge < -0.3 is 0 Å². The van der Waals surface area contributed by atoms with Crippen LogP contribution in [0.3, 0.4) is 0 Å². The fraction of sp³-hybridized carbons (Fsp3) is 0.286. The van der Waals surface area contributed by atoms with Gasteiger partial charge in [0, 0.05) is 11.5 Å². The number of rotatable bonds is 0. The number of hydrogen-bond acceptors (Lipinski definition) is 0. The van der Waals surface area contributed by atoms with E-state index < -0.39 is 0 Å². The minimum Gasteiger partial charge on any atom is -0.207 e. The Hall–Kier alpha value is -1.55. The van der Waals surface area contributed by atoms with Crippen LogP contribution in [0.1, 0.15) is 24.8 Å². The maximum atomic E-state index is 12.6. The summed E-state index contributed by atoms with van der Waals surface area (Å²) in [7, 11) is 0. The molecule has 0 nitrogen and oxygen atoms in total. The molecule has 0 aliphatic heterocycles. The van der Waals surface area contributed by atoms with E-state index in [1.54, 1.807) is 12.1 Å². The van der Waals surface area contributed by atoms with E-state index in [1.165, 1.54) is 25.0 Å². The van der Waals surface area contributed by atoms with Gasteiger partial charge in [0.05, 0.1) is 0 Å². The van der Waals surface area contributed by atoms with Crippen molar-refractivity contribution in [1.29, 1.82) is 0 Å². The summed E-state index contributed by atoms with van der Waals surface area (Å²) in [4.78, 5) is 0. The molecule has 76 valence electrons. The van der Waals surface area contributed by atoms with Gasteiger partial charge in [-0.1, -0.05) is 24.0 Å². The van der Waals surface area contributed by atoms with E-state index in [1.807, 2.05) is 0 Å². The van der Waals surface area contributed by atoms with Crippen LogP contribution in [0, 0.1) is 23.6 Å². The SMILES string of the molecule is Fc1ccc(C#CC2C=CCCC2)cc1. The van der Waals surface area contributed by atoms with Crippen LogP contribution in [-0.2, 0) is 0 Å².